The average Bonchev–Trinajstić information content (AvgIpc) is 3.17. The zero-order valence-corrected chi connectivity index (χ0v) is 19.2. The molecule has 0 unspecified atom stereocenters. The first kappa shape index (κ1) is 25.1. The van der Waals surface area contributed by atoms with Crippen molar-refractivity contribution in [1.82, 2.24) is 5.32 Å². The second kappa shape index (κ2) is 10.2. The van der Waals surface area contributed by atoms with Crippen molar-refractivity contribution in [2.45, 2.75) is 70.3 Å². The molecule has 2 saturated heterocycles. The zero-order chi connectivity index (χ0) is 23.5. The van der Waals surface area contributed by atoms with Gasteiger partial charge in [-0.05, 0) is 64.2 Å². The van der Waals surface area contributed by atoms with E-state index in [9.17, 15) is 13.2 Å². The highest BCUT2D eigenvalue weighted by Crippen LogP contribution is 2.39. The van der Waals surface area contributed by atoms with Crippen molar-refractivity contribution in [3.05, 3.63) is 29.8 Å². The Morgan fingerprint density at radius 1 is 1.16 bits per heavy atom. The van der Waals surface area contributed by atoms with Gasteiger partial charge >= 0.3 is 6.18 Å². The van der Waals surface area contributed by atoms with Gasteiger partial charge in [0.05, 0.1) is 18.2 Å². The number of fused-ring (bicyclic) bond motifs is 1. The van der Waals surface area contributed by atoms with E-state index >= 15 is 0 Å². The SMILES string of the molecule is CCOC[C@@H](OCC)[C@H]1O[C@@H]2OC(C)(C)O[C@@H]2[C@H]1NC(=S)Nc1ccc(C(F)(F)F)cc1. The molecule has 0 aromatic heterocycles. The van der Waals surface area contributed by atoms with Crippen molar-refractivity contribution in [3.8, 4) is 0 Å². The Bertz CT molecular complexity index is 778. The summed E-state index contributed by atoms with van der Waals surface area (Å²) in [5.41, 5.74) is -0.314. The molecule has 0 amide bonds. The van der Waals surface area contributed by atoms with E-state index in [-0.39, 0.29) is 5.11 Å². The minimum Gasteiger partial charge on any atom is -0.379 e. The summed E-state index contributed by atoms with van der Waals surface area (Å²) in [4.78, 5) is 0. The number of hydrogen-bond donors (Lipinski definition) is 2. The van der Waals surface area contributed by atoms with Gasteiger partial charge in [0.25, 0.3) is 0 Å². The number of rotatable bonds is 8. The van der Waals surface area contributed by atoms with Crippen molar-refractivity contribution in [3.63, 3.8) is 0 Å². The molecule has 11 heteroatoms. The highest BCUT2D eigenvalue weighted by molar-refractivity contribution is 7.80. The Hall–Kier alpha value is -1.50. The maximum Gasteiger partial charge on any atom is 0.416 e. The van der Waals surface area contributed by atoms with Crippen LogP contribution in [-0.4, -0.2) is 61.4 Å². The summed E-state index contributed by atoms with van der Waals surface area (Å²) in [5.74, 6) is -0.830. The van der Waals surface area contributed by atoms with Crippen LogP contribution in [0.5, 0.6) is 0 Å². The van der Waals surface area contributed by atoms with Crippen LogP contribution in [0.1, 0.15) is 33.3 Å². The molecule has 2 heterocycles. The largest absolute Gasteiger partial charge is 0.416 e. The Morgan fingerprint density at radius 2 is 1.84 bits per heavy atom. The summed E-state index contributed by atoms with van der Waals surface area (Å²) in [6, 6.07) is 4.18. The van der Waals surface area contributed by atoms with E-state index in [1.165, 1.54) is 12.1 Å². The molecule has 2 aliphatic heterocycles. The molecule has 2 aliphatic rings. The highest BCUT2D eigenvalue weighted by atomic mass is 32.1. The second-order valence-corrected chi connectivity index (χ2v) is 8.33. The predicted octanol–water partition coefficient (Wildman–Crippen LogP) is 3.68. The fourth-order valence-electron chi connectivity index (χ4n) is 3.76. The van der Waals surface area contributed by atoms with Gasteiger partial charge in [-0.2, -0.15) is 13.2 Å². The van der Waals surface area contributed by atoms with Crippen LogP contribution in [0.3, 0.4) is 0 Å². The topological polar surface area (TPSA) is 70.2 Å². The Kier molecular flexibility index (Phi) is 8.00. The Morgan fingerprint density at radius 3 is 2.44 bits per heavy atom. The molecule has 2 fully saturated rings. The highest BCUT2D eigenvalue weighted by Gasteiger charge is 2.57. The summed E-state index contributed by atoms with van der Waals surface area (Å²) in [6.45, 7) is 8.65. The maximum atomic E-state index is 12.8. The first-order valence-corrected chi connectivity index (χ1v) is 10.9. The fraction of sp³-hybridized carbons (Fsp3) is 0.667. The lowest BCUT2D eigenvalue weighted by Gasteiger charge is -2.31. The van der Waals surface area contributed by atoms with Crippen molar-refractivity contribution in [2.75, 3.05) is 25.1 Å². The van der Waals surface area contributed by atoms with E-state index in [1.807, 2.05) is 13.8 Å². The van der Waals surface area contributed by atoms with E-state index in [4.69, 9.17) is 35.9 Å². The first-order chi connectivity index (χ1) is 15.0. The van der Waals surface area contributed by atoms with Gasteiger partial charge in [0.2, 0.25) is 0 Å². The molecule has 1 aromatic carbocycles. The standard InChI is InChI=1S/C21H29F3N2O5S/c1-5-27-11-14(28-6-2)16-15(17-18(29-16)31-20(3,4)30-17)26-19(32)25-13-9-7-12(8-10-13)21(22,23)24/h7-10,14-18H,5-6,11H2,1-4H3,(H2,25,26,32)/t14-,15+,16-,17-,18-/m1/s1. The number of hydrogen-bond acceptors (Lipinski definition) is 6. The van der Waals surface area contributed by atoms with Gasteiger partial charge in [-0.3, -0.25) is 0 Å². The minimum absolute atomic E-state index is 0.212. The maximum absolute atomic E-state index is 12.8. The molecule has 0 bridgehead atoms. The lowest BCUT2D eigenvalue weighted by molar-refractivity contribution is -0.222. The van der Waals surface area contributed by atoms with E-state index in [0.717, 1.165) is 12.1 Å². The molecule has 180 valence electrons. The van der Waals surface area contributed by atoms with Gasteiger partial charge < -0.3 is 34.3 Å². The summed E-state index contributed by atoms with van der Waals surface area (Å²) in [5, 5.41) is 6.30. The number of nitrogens with one attached hydrogen (secondary N) is 2. The lowest BCUT2D eigenvalue weighted by Crippen LogP contribution is -2.54. The van der Waals surface area contributed by atoms with Gasteiger partial charge in [0.15, 0.2) is 17.2 Å². The Labute approximate surface area is 190 Å². The van der Waals surface area contributed by atoms with Crippen LogP contribution >= 0.6 is 12.2 Å². The van der Waals surface area contributed by atoms with Crippen LogP contribution in [0, 0.1) is 0 Å². The molecule has 0 saturated carbocycles. The summed E-state index contributed by atoms with van der Waals surface area (Å²) in [7, 11) is 0. The smallest absolute Gasteiger partial charge is 0.379 e. The van der Waals surface area contributed by atoms with Crippen molar-refractivity contribution in [1.29, 1.82) is 0 Å². The molecule has 0 aliphatic carbocycles. The van der Waals surface area contributed by atoms with E-state index in [1.54, 1.807) is 13.8 Å². The Balaban J connectivity index is 1.72. The third-order valence-corrected chi connectivity index (χ3v) is 5.31. The van der Waals surface area contributed by atoms with Crippen molar-refractivity contribution < 1.29 is 36.9 Å². The van der Waals surface area contributed by atoms with Gasteiger partial charge in [-0.25, -0.2) is 0 Å². The number of alkyl halides is 3. The molecule has 5 atom stereocenters. The predicted molar refractivity (Wildman–Crippen MR) is 115 cm³/mol. The number of benzene rings is 1. The number of anilines is 1. The fourth-order valence-corrected chi connectivity index (χ4v) is 4.02. The quantitative estimate of drug-likeness (QED) is 0.549. The summed E-state index contributed by atoms with van der Waals surface area (Å²) in [6.07, 6.45) is -6.37. The third-order valence-electron chi connectivity index (χ3n) is 5.09. The van der Waals surface area contributed by atoms with Gasteiger partial charge in [-0.1, -0.05) is 0 Å². The minimum atomic E-state index is -4.40. The van der Waals surface area contributed by atoms with Crippen LogP contribution in [0.15, 0.2) is 24.3 Å². The van der Waals surface area contributed by atoms with Crippen LogP contribution in [0.2, 0.25) is 0 Å². The molecule has 0 radical (unpaired) electrons. The van der Waals surface area contributed by atoms with Crippen LogP contribution in [-0.2, 0) is 29.9 Å². The lowest BCUT2D eigenvalue weighted by atomic mass is 10.0. The molecular weight excluding hydrogens is 449 g/mol. The normalized spacial score (nSPS) is 27.7. The number of halogens is 3. The van der Waals surface area contributed by atoms with Crippen molar-refractivity contribution in [2.24, 2.45) is 0 Å². The molecule has 3 rings (SSSR count). The third kappa shape index (κ3) is 6.09. The average molecular weight is 479 g/mol. The van der Waals surface area contributed by atoms with Gasteiger partial charge in [0.1, 0.15) is 18.3 Å². The van der Waals surface area contributed by atoms with Crippen LogP contribution in [0.4, 0.5) is 18.9 Å². The molecule has 1 aromatic rings. The van der Waals surface area contributed by atoms with E-state index in [0.29, 0.717) is 25.5 Å². The molecular formula is C21H29F3N2O5S. The second-order valence-electron chi connectivity index (χ2n) is 7.92. The number of thiocarbonyl (C=S) groups is 1. The van der Waals surface area contributed by atoms with Gasteiger partial charge in [0, 0.05) is 18.9 Å². The van der Waals surface area contributed by atoms with Crippen LogP contribution < -0.4 is 10.6 Å². The van der Waals surface area contributed by atoms with Crippen LogP contribution in [0.25, 0.3) is 0 Å². The van der Waals surface area contributed by atoms with Crippen molar-refractivity contribution >= 4 is 23.0 Å². The van der Waals surface area contributed by atoms with E-state index < -0.39 is 48.2 Å². The first-order valence-electron chi connectivity index (χ1n) is 10.5. The van der Waals surface area contributed by atoms with Gasteiger partial charge in [-0.15, -0.1) is 0 Å². The summed E-state index contributed by atoms with van der Waals surface area (Å²) < 4.78 is 67.8. The molecule has 32 heavy (non-hydrogen) atoms. The monoisotopic (exact) mass is 478 g/mol. The summed E-state index contributed by atoms with van der Waals surface area (Å²) >= 11 is 5.42. The zero-order valence-electron chi connectivity index (χ0n) is 18.4. The molecule has 2 N–H and O–H groups in total. The van der Waals surface area contributed by atoms with E-state index in [2.05, 4.69) is 10.6 Å². The molecule has 0 spiro atoms. The number of ether oxygens (including phenoxy) is 5. The molecule has 7 nitrogen and oxygen atoms in total.